The largest absolute Gasteiger partial charge is 0.465 e. The zero-order chi connectivity index (χ0) is 15.4. The molecule has 0 radical (unpaired) electrons. The molecule has 0 saturated carbocycles. The van der Waals surface area contributed by atoms with E-state index in [0.29, 0.717) is 0 Å². The highest BCUT2D eigenvalue weighted by molar-refractivity contribution is 14.1. The lowest BCUT2D eigenvalue weighted by atomic mass is 10.2. The minimum absolute atomic E-state index is 0.114. The van der Waals surface area contributed by atoms with E-state index in [-0.39, 0.29) is 12.6 Å². The third-order valence-corrected chi connectivity index (χ3v) is 4.87. The molecule has 2 atom stereocenters. The van der Waals surface area contributed by atoms with Crippen molar-refractivity contribution in [2.45, 2.75) is 58.0 Å². The summed E-state index contributed by atoms with van der Waals surface area (Å²) < 4.78 is 24.3. The van der Waals surface area contributed by atoms with Crippen molar-refractivity contribution in [2.75, 3.05) is 13.2 Å². The Morgan fingerprint density at radius 3 is 2.05 bits per heavy atom. The van der Waals surface area contributed by atoms with Crippen LogP contribution in [0.4, 0.5) is 0 Å². The molecule has 0 aliphatic carbocycles. The van der Waals surface area contributed by atoms with Gasteiger partial charge in [0.05, 0.1) is 16.8 Å². The van der Waals surface area contributed by atoms with Crippen LogP contribution in [0.15, 0.2) is 12.1 Å². The van der Waals surface area contributed by atoms with Crippen molar-refractivity contribution >= 4 is 22.6 Å². The van der Waals surface area contributed by atoms with E-state index in [1.54, 1.807) is 0 Å². The number of rotatable bonds is 4. The van der Waals surface area contributed by atoms with Crippen molar-refractivity contribution in [3.63, 3.8) is 0 Å². The molecular formula is C17H23IO4. The van der Waals surface area contributed by atoms with Crippen molar-refractivity contribution in [3.8, 4) is 11.5 Å². The van der Waals surface area contributed by atoms with Gasteiger partial charge in [0.25, 0.3) is 0 Å². The second-order valence-electron chi connectivity index (χ2n) is 5.88. The first-order chi connectivity index (χ1) is 10.7. The second kappa shape index (κ2) is 7.84. The van der Waals surface area contributed by atoms with Crippen LogP contribution in [0.5, 0.6) is 11.5 Å². The number of hydrogen-bond acceptors (Lipinski definition) is 4. The van der Waals surface area contributed by atoms with E-state index in [4.69, 9.17) is 18.9 Å². The maximum atomic E-state index is 6.00. The fraction of sp³-hybridized carbons (Fsp3) is 0.647. The van der Waals surface area contributed by atoms with E-state index in [0.717, 1.165) is 59.5 Å². The monoisotopic (exact) mass is 418 g/mol. The molecule has 0 N–H and O–H groups in total. The van der Waals surface area contributed by atoms with Gasteiger partial charge in [0, 0.05) is 12.8 Å². The fourth-order valence-corrected chi connectivity index (χ4v) is 3.31. The average Bonchev–Trinajstić information content (AvgIpc) is 2.54. The Kier molecular flexibility index (Phi) is 5.82. The molecular weight excluding hydrogens is 395 g/mol. The molecule has 0 bridgehead atoms. The van der Waals surface area contributed by atoms with Gasteiger partial charge in [-0.15, -0.1) is 0 Å². The Morgan fingerprint density at radius 1 is 0.909 bits per heavy atom. The van der Waals surface area contributed by atoms with Gasteiger partial charge < -0.3 is 18.9 Å². The summed E-state index contributed by atoms with van der Waals surface area (Å²) in [6, 6.07) is 4.07. The third-order valence-electron chi connectivity index (χ3n) is 4.02. The summed E-state index contributed by atoms with van der Waals surface area (Å²) in [5.74, 6) is 1.76. The van der Waals surface area contributed by atoms with E-state index in [1.165, 1.54) is 12.8 Å². The Balaban J connectivity index is 1.67. The van der Waals surface area contributed by atoms with E-state index in [2.05, 4.69) is 22.6 Å². The summed E-state index contributed by atoms with van der Waals surface area (Å²) in [6.45, 7) is 3.63. The zero-order valence-corrected chi connectivity index (χ0v) is 15.1. The molecule has 5 heteroatoms. The molecule has 22 heavy (non-hydrogen) atoms. The third kappa shape index (κ3) is 4.26. The van der Waals surface area contributed by atoms with E-state index >= 15 is 0 Å². The lowest BCUT2D eigenvalue weighted by molar-refractivity contribution is -0.108. The van der Waals surface area contributed by atoms with Crippen molar-refractivity contribution in [1.82, 2.24) is 0 Å². The highest BCUT2D eigenvalue weighted by atomic mass is 127. The Bertz CT molecular complexity index is 448. The van der Waals surface area contributed by atoms with E-state index in [1.807, 2.05) is 19.1 Å². The smallest absolute Gasteiger partial charge is 0.199 e. The van der Waals surface area contributed by atoms with Crippen LogP contribution in [0.2, 0.25) is 0 Å². The highest BCUT2D eigenvalue weighted by Crippen LogP contribution is 2.32. The molecule has 0 amide bonds. The molecule has 2 aliphatic heterocycles. The van der Waals surface area contributed by atoms with Gasteiger partial charge in [0.15, 0.2) is 12.6 Å². The average molecular weight is 418 g/mol. The van der Waals surface area contributed by atoms with Gasteiger partial charge in [-0.05, 0) is 72.9 Å². The summed E-state index contributed by atoms with van der Waals surface area (Å²) in [5, 5.41) is 0. The first-order valence-electron chi connectivity index (χ1n) is 8.09. The molecule has 2 saturated heterocycles. The van der Waals surface area contributed by atoms with Gasteiger partial charge in [-0.2, -0.15) is 0 Å². The van der Waals surface area contributed by atoms with Crippen molar-refractivity contribution in [2.24, 2.45) is 0 Å². The quantitative estimate of drug-likeness (QED) is 0.679. The minimum atomic E-state index is -0.116. The Labute approximate surface area is 145 Å². The second-order valence-corrected chi connectivity index (χ2v) is 7.04. The minimum Gasteiger partial charge on any atom is -0.465 e. The van der Waals surface area contributed by atoms with Gasteiger partial charge in [-0.25, -0.2) is 0 Å². The van der Waals surface area contributed by atoms with E-state index in [9.17, 15) is 0 Å². The van der Waals surface area contributed by atoms with Gasteiger partial charge in [0.1, 0.15) is 11.5 Å². The van der Waals surface area contributed by atoms with E-state index < -0.39 is 0 Å². The van der Waals surface area contributed by atoms with Crippen molar-refractivity contribution in [3.05, 3.63) is 21.3 Å². The van der Waals surface area contributed by atoms with Crippen LogP contribution in [-0.4, -0.2) is 25.8 Å². The number of aryl methyl sites for hydroxylation is 1. The van der Waals surface area contributed by atoms with Gasteiger partial charge in [-0.3, -0.25) is 0 Å². The Morgan fingerprint density at radius 2 is 1.50 bits per heavy atom. The molecule has 1 aromatic carbocycles. The summed E-state index contributed by atoms with van der Waals surface area (Å²) in [7, 11) is 0. The standard InChI is InChI=1S/C17H23IO4/c1-12-10-15(22-17-7-3-5-9-20-17)13(18)11-14(12)21-16-6-2-4-8-19-16/h10-11,16-17H,2-9H2,1H3. The summed E-state index contributed by atoms with van der Waals surface area (Å²) in [5.41, 5.74) is 1.07. The van der Waals surface area contributed by atoms with Crippen LogP contribution in [0.25, 0.3) is 0 Å². The molecule has 4 nitrogen and oxygen atoms in total. The lowest BCUT2D eigenvalue weighted by Crippen LogP contribution is -2.26. The molecule has 3 rings (SSSR count). The highest BCUT2D eigenvalue weighted by Gasteiger charge is 2.20. The topological polar surface area (TPSA) is 36.9 Å². The molecule has 2 fully saturated rings. The molecule has 0 aromatic heterocycles. The maximum absolute atomic E-state index is 6.00. The van der Waals surface area contributed by atoms with Gasteiger partial charge >= 0.3 is 0 Å². The van der Waals surface area contributed by atoms with Crippen LogP contribution < -0.4 is 9.47 Å². The summed E-state index contributed by atoms with van der Waals surface area (Å²) in [4.78, 5) is 0. The molecule has 2 unspecified atom stereocenters. The zero-order valence-electron chi connectivity index (χ0n) is 13.0. The number of hydrogen-bond donors (Lipinski definition) is 0. The first-order valence-corrected chi connectivity index (χ1v) is 9.17. The number of halogens is 1. The van der Waals surface area contributed by atoms with Gasteiger partial charge in [0.2, 0.25) is 0 Å². The predicted molar refractivity (Wildman–Crippen MR) is 92.3 cm³/mol. The molecule has 1 aromatic rings. The fourth-order valence-electron chi connectivity index (χ4n) is 2.75. The molecule has 2 aliphatic rings. The van der Waals surface area contributed by atoms with Gasteiger partial charge in [-0.1, -0.05) is 0 Å². The lowest BCUT2D eigenvalue weighted by Gasteiger charge is -2.26. The number of ether oxygens (including phenoxy) is 4. The SMILES string of the molecule is Cc1cc(OC2CCCCO2)c(I)cc1OC1CCCCO1. The van der Waals surface area contributed by atoms with Crippen LogP contribution in [0.3, 0.4) is 0 Å². The summed E-state index contributed by atoms with van der Waals surface area (Å²) >= 11 is 2.29. The number of benzene rings is 1. The molecule has 0 spiro atoms. The maximum Gasteiger partial charge on any atom is 0.199 e. The Hall–Kier alpha value is -0.530. The van der Waals surface area contributed by atoms with Crippen LogP contribution >= 0.6 is 22.6 Å². The van der Waals surface area contributed by atoms with Crippen molar-refractivity contribution < 1.29 is 18.9 Å². The van der Waals surface area contributed by atoms with Crippen LogP contribution in [-0.2, 0) is 9.47 Å². The normalized spacial score (nSPS) is 25.7. The first kappa shape index (κ1) is 16.3. The molecule has 122 valence electrons. The van der Waals surface area contributed by atoms with Crippen LogP contribution in [0.1, 0.15) is 44.1 Å². The summed E-state index contributed by atoms with van der Waals surface area (Å²) in [6.07, 6.45) is 6.29. The van der Waals surface area contributed by atoms with Crippen molar-refractivity contribution in [1.29, 1.82) is 0 Å². The predicted octanol–water partition coefficient (Wildman–Crippen LogP) is 4.41. The van der Waals surface area contributed by atoms with Crippen LogP contribution in [0, 0.1) is 10.5 Å². The molecule has 2 heterocycles.